The van der Waals surface area contributed by atoms with Gasteiger partial charge in [0, 0.05) is 0 Å². The van der Waals surface area contributed by atoms with Crippen LogP contribution in [0.2, 0.25) is 0 Å². The molecule has 0 atom stereocenters. The summed E-state index contributed by atoms with van der Waals surface area (Å²) in [6.07, 6.45) is 8.15. The first-order chi connectivity index (χ1) is 14.6. The highest BCUT2D eigenvalue weighted by Crippen LogP contribution is 2.36. The molecule has 0 saturated heterocycles. The van der Waals surface area contributed by atoms with Crippen LogP contribution in [0, 0.1) is 0 Å². The average Bonchev–Trinajstić information content (AvgIpc) is 3.37. The van der Waals surface area contributed by atoms with E-state index in [2.05, 4.69) is 56.4 Å². The highest BCUT2D eigenvalue weighted by atomic mass is 32.2. The lowest BCUT2D eigenvalue weighted by Crippen LogP contribution is -1.80. The predicted octanol–water partition coefficient (Wildman–Crippen LogP) is 8.00. The molecule has 0 fully saturated rings. The van der Waals surface area contributed by atoms with Crippen molar-refractivity contribution in [3.63, 3.8) is 0 Å². The Bertz CT molecular complexity index is 1150. The molecule has 30 heavy (non-hydrogen) atoms. The molecule has 4 rings (SSSR count). The molecule has 0 aliphatic carbocycles. The number of benzene rings is 2. The van der Waals surface area contributed by atoms with Crippen molar-refractivity contribution >= 4 is 109 Å². The monoisotopic (exact) mass is 506 g/mol. The van der Waals surface area contributed by atoms with Gasteiger partial charge in [-0.25, -0.2) is 20.0 Å². The van der Waals surface area contributed by atoms with E-state index >= 15 is 0 Å². The quantitative estimate of drug-likeness (QED) is 0.207. The second kappa shape index (κ2) is 10.1. The number of fused-ring (bicyclic) bond motifs is 2. The largest absolute Gasteiger partial charge is 0.218 e. The maximum atomic E-state index is 4.66. The fourth-order valence-corrected chi connectivity index (χ4v) is 6.82. The summed E-state index contributed by atoms with van der Waals surface area (Å²) >= 11 is 9.84. The van der Waals surface area contributed by atoms with Gasteiger partial charge in [0.1, 0.15) is 8.75 Å². The van der Waals surface area contributed by atoms with Crippen LogP contribution >= 0.6 is 69.7 Å². The van der Waals surface area contributed by atoms with Crippen LogP contribution in [0.3, 0.4) is 0 Å². The molecule has 2 aromatic carbocycles. The summed E-state index contributed by atoms with van der Waals surface area (Å²) in [5.41, 5.74) is 4.32. The van der Waals surface area contributed by atoms with Gasteiger partial charge in [0.25, 0.3) is 0 Å². The molecule has 10 heteroatoms. The van der Waals surface area contributed by atoms with Crippen molar-refractivity contribution in [1.29, 1.82) is 0 Å². The molecule has 0 aliphatic rings. The van der Waals surface area contributed by atoms with Crippen LogP contribution in [0.15, 0.2) is 46.4 Å². The van der Waals surface area contributed by atoms with Crippen LogP contribution < -0.4 is 0 Å². The van der Waals surface area contributed by atoms with Crippen molar-refractivity contribution in [3.8, 4) is 11.1 Å². The predicted molar refractivity (Wildman–Crippen MR) is 146 cm³/mol. The van der Waals surface area contributed by atoms with Crippen molar-refractivity contribution in [3.05, 3.63) is 36.4 Å². The van der Waals surface area contributed by atoms with E-state index in [0.29, 0.717) is 0 Å². The van der Waals surface area contributed by atoms with Gasteiger partial charge in [0.15, 0.2) is 0 Å². The smallest absolute Gasteiger partial charge is 0.211 e. The molecule has 4 aromatic rings. The lowest BCUT2D eigenvalue weighted by Gasteiger charge is -2.01. The van der Waals surface area contributed by atoms with Gasteiger partial charge in [0.05, 0.1) is 20.4 Å². The van der Waals surface area contributed by atoms with Crippen molar-refractivity contribution < 1.29 is 0 Å². The van der Waals surface area contributed by atoms with Crippen molar-refractivity contribution in [1.82, 2.24) is 9.97 Å². The normalized spacial score (nSPS) is 11.2. The van der Waals surface area contributed by atoms with E-state index in [0.717, 1.165) is 39.4 Å². The second-order valence-corrected chi connectivity index (χ2v) is 11.6. The molecule has 0 saturated carbocycles. The minimum absolute atomic E-state index is 0.805. The van der Waals surface area contributed by atoms with E-state index in [4.69, 9.17) is 0 Å². The fraction of sp³-hybridized carbons (Fsp3) is 0.200. The fourth-order valence-electron chi connectivity index (χ4n) is 2.79. The van der Waals surface area contributed by atoms with Gasteiger partial charge < -0.3 is 0 Å². The number of thiazole rings is 2. The Labute approximate surface area is 200 Å². The summed E-state index contributed by atoms with van der Waals surface area (Å²) in [5, 5.41) is 1.61. The summed E-state index contributed by atoms with van der Waals surface area (Å²) in [5.74, 6) is 0. The lowest BCUT2D eigenvalue weighted by atomic mass is 10.1. The van der Waals surface area contributed by atoms with E-state index < -0.39 is 0 Å². The number of nitrogens with zero attached hydrogens (tertiary/aromatic N) is 4. The molecule has 0 unspecified atom stereocenters. The van der Waals surface area contributed by atoms with Crippen molar-refractivity contribution in [2.75, 3.05) is 25.0 Å². The number of hydrogen-bond donors (Lipinski definition) is 0. The Kier molecular flexibility index (Phi) is 7.43. The van der Waals surface area contributed by atoms with Gasteiger partial charge in [-0.2, -0.15) is 0 Å². The van der Waals surface area contributed by atoms with Crippen LogP contribution in [0.4, 0.5) is 10.3 Å². The minimum atomic E-state index is 0.805. The Balaban J connectivity index is 1.69. The van der Waals surface area contributed by atoms with Crippen LogP contribution in [-0.2, 0) is 0 Å². The highest BCUT2D eigenvalue weighted by molar-refractivity contribution is 8.38. The number of aromatic nitrogens is 2. The number of thioether (sulfide) groups is 4. The molecule has 2 heterocycles. The van der Waals surface area contributed by atoms with Gasteiger partial charge >= 0.3 is 0 Å². The molecule has 154 valence electrons. The second-order valence-electron chi connectivity index (χ2n) is 5.93. The van der Waals surface area contributed by atoms with E-state index in [1.54, 1.807) is 69.7 Å². The SMILES string of the molecule is CSC(=Nc1nc2ccc(-c3ccc4nc(N=C(SC)SC)sc4c3)cc2s1)SC. The summed E-state index contributed by atoms with van der Waals surface area (Å²) < 4.78 is 4.34. The van der Waals surface area contributed by atoms with Gasteiger partial charge in [0.2, 0.25) is 10.3 Å². The number of aliphatic imine (C=N–C) groups is 2. The molecule has 0 aliphatic heterocycles. The van der Waals surface area contributed by atoms with Gasteiger partial charge in [-0.15, -0.1) is 47.0 Å². The standard InChI is InChI=1S/C20H18N4S6/c1-25-19(26-2)23-17-21-13-7-5-11(9-15(13)29-17)12-6-8-14-16(10-12)30-18(22-14)24-20(27-3)28-4/h5-10H,1-4H3. The van der Waals surface area contributed by atoms with Crippen LogP contribution in [0.1, 0.15) is 0 Å². The Morgan fingerprint density at radius 1 is 0.667 bits per heavy atom. The summed E-state index contributed by atoms with van der Waals surface area (Å²) in [4.78, 5) is 18.6. The van der Waals surface area contributed by atoms with Gasteiger partial charge in [-0.05, 0) is 60.4 Å². The van der Waals surface area contributed by atoms with Crippen molar-refractivity contribution in [2.45, 2.75) is 0 Å². The van der Waals surface area contributed by atoms with Crippen LogP contribution in [0.25, 0.3) is 31.6 Å². The van der Waals surface area contributed by atoms with E-state index in [9.17, 15) is 0 Å². The molecule has 0 spiro atoms. The van der Waals surface area contributed by atoms with Crippen molar-refractivity contribution in [2.24, 2.45) is 9.98 Å². The summed E-state index contributed by atoms with van der Waals surface area (Å²) in [6.45, 7) is 0. The Morgan fingerprint density at radius 2 is 1.07 bits per heavy atom. The Morgan fingerprint density at radius 3 is 1.43 bits per heavy atom. The topological polar surface area (TPSA) is 50.5 Å². The molecule has 0 N–H and O–H groups in total. The van der Waals surface area contributed by atoms with Gasteiger partial charge in [-0.3, -0.25) is 0 Å². The maximum absolute atomic E-state index is 4.66. The van der Waals surface area contributed by atoms with E-state index in [1.165, 1.54) is 11.1 Å². The Hall–Kier alpha value is -1.04. The molecule has 0 bridgehead atoms. The highest BCUT2D eigenvalue weighted by Gasteiger charge is 2.09. The first-order valence-electron chi connectivity index (χ1n) is 8.78. The molecule has 0 amide bonds. The third-order valence-electron chi connectivity index (χ3n) is 4.16. The third kappa shape index (κ3) is 4.89. The zero-order valence-electron chi connectivity index (χ0n) is 16.7. The average molecular weight is 507 g/mol. The zero-order valence-corrected chi connectivity index (χ0v) is 21.6. The van der Waals surface area contributed by atoms with Crippen LogP contribution in [0.5, 0.6) is 0 Å². The zero-order chi connectivity index (χ0) is 21.1. The van der Waals surface area contributed by atoms with E-state index in [1.807, 2.05) is 25.0 Å². The summed E-state index contributed by atoms with van der Waals surface area (Å²) in [6, 6.07) is 12.8. The molecule has 2 aromatic heterocycles. The third-order valence-corrected chi connectivity index (χ3v) is 9.75. The van der Waals surface area contributed by atoms with Crippen LogP contribution in [-0.4, -0.2) is 43.7 Å². The lowest BCUT2D eigenvalue weighted by molar-refractivity contribution is 1.42. The molecule has 4 nitrogen and oxygen atoms in total. The first-order valence-corrected chi connectivity index (χ1v) is 15.3. The molecule has 0 radical (unpaired) electrons. The van der Waals surface area contributed by atoms with E-state index in [-0.39, 0.29) is 0 Å². The minimum Gasteiger partial charge on any atom is -0.218 e. The van der Waals surface area contributed by atoms with Gasteiger partial charge in [-0.1, -0.05) is 34.8 Å². The number of hydrogen-bond acceptors (Lipinski definition) is 10. The first kappa shape index (κ1) is 22.2. The number of rotatable bonds is 3. The summed E-state index contributed by atoms with van der Waals surface area (Å²) in [7, 11) is 0. The molecular weight excluding hydrogens is 489 g/mol. The molecular formula is C20H18N4S6. The maximum Gasteiger partial charge on any atom is 0.211 e.